The van der Waals surface area contributed by atoms with E-state index < -0.39 is 6.10 Å². The number of aliphatic hydroxyl groups excluding tert-OH is 1. The van der Waals surface area contributed by atoms with Crippen LogP contribution in [0.15, 0.2) is 18.2 Å². The van der Waals surface area contributed by atoms with Crippen molar-refractivity contribution in [3.63, 3.8) is 0 Å². The molecule has 1 aliphatic heterocycles. The van der Waals surface area contributed by atoms with Gasteiger partial charge in [-0.15, -0.1) is 0 Å². The third kappa shape index (κ3) is 3.89. The van der Waals surface area contributed by atoms with Gasteiger partial charge in [0, 0.05) is 25.2 Å². The maximum atomic E-state index is 12.6. The molecule has 0 unspecified atom stereocenters. The van der Waals surface area contributed by atoms with E-state index in [9.17, 15) is 9.90 Å². The predicted molar refractivity (Wildman–Crippen MR) is 83.3 cm³/mol. The minimum Gasteiger partial charge on any atom is -0.493 e. The second-order valence-corrected chi connectivity index (χ2v) is 5.62. The first-order chi connectivity index (χ1) is 10.6. The minimum absolute atomic E-state index is 0.210. The van der Waals surface area contributed by atoms with Gasteiger partial charge < -0.3 is 25.2 Å². The van der Waals surface area contributed by atoms with E-state index in [0.717, 1.165) is 0 Å². The molecule has 1 amide bonds. The van der Waals surface area contributed by atoms with E-state index in [0.29, 0.717) is 42.5 Å². The second kappa shape index (κ2) is 7.78. The van der Waals surface area contributed by atoms with Crippen molar-refractivity contribution >= 4 is 17.5 Å². The van der Waals surface area contributed by atoms with Crippen LogP contribution in [0.1, 0.15) is 16.8 Å². The first-order valence-electron chi connectivity index (χ1n) is 7.19. The van der Waals surface area contributed by atoms with Gasteiger partial charge in [0.2, 0.25) is 0 Å². The van der Waals surface area contributed by atoms with Gasteiger partial charge in [-0.2, -0.15) is 0 Å². The van der Waals surface area contributed by atoms with Crippen molar-refractivity contribution in [2.45, 2.75) is 18.6 Å². The molecule has 0 saturated carbocycles. The Kier molecular flexibility index (Phi) is 6.02. The largest absolute Gasteiger partial charge is 0.493 e. The summed E-state index contributed by atoms with van der Waals surface area (Å²) in [4.78, 5) is 14.2. The van der Waals surface area contributed by atoms with Crippen LogP contribution in [0, 0.1) is 0 Å². The van der Waals surface area contributed by atoms with Gasteiger partial charge >= 0.3 is 0 Å². The van der Waals surface area contributed by atoms with Crippen LogP contribution in [0.3, 0.4) is 0 Å². The third-order valence-corrected chi connectivity index (χ3v) is 3.84. The average Bonchev–Trinajstić information content (AvgIpc) is 2.88. The smallest absolute Gasteiger partial charge is 0.257 e. The fourth-order valence-electron chi connectivity index (χ4n) is 2.38. The number of benzene rings is 1. The molecule has 122 valence electrons. The number of likely N-dealkylation sites (tertiary alicyclic amines) is 1. The maximum absolute atomic E-state index is 12.6. The van der Waals surface area contributed by atoms with Crippen molar-refractivity contribution in [1.29, 1.82) is 0 Å². The van der Waals surface area contributed by atoms with Gasteiger partial charge in [0.1, 0.15) is 11.9 Å². The van der Waals surface area contributed by atoms with E-state index in [-0.39, 0.29) is 18.6 Å². The van der Waals surface area contributed by atoms with Crippen LogP contribution < -0.4 is 10.5 Å². The Morgan fingerprint density at radius 2 is 2.27 bits per heavy atom. The Morgan fingerprint density at radius 1 is 1.50 bits per heavy atom. The van der Waals surface area contributed by atoms with Gasteiger partial charge in [0.25, 0.3) is 5.91 Å². The summed E-state index contributed by atoms with van der Waals surface area (Å²) in [6.45, 7) is 1.52. The van der Waals surface area contributed by atoms with Crippen LogP contribution in [0.2, 0.25) is 5.02 Å². The van der Waals surface area contributed by atoms with Crippen LogP contribution >= 0.6 is 11.6 Å². The number of hydrogen-bond donors (Lipinski definition) is 2. The summed E-state index contributed by atoms with van der Waals surface area (Å²) in [6.07, 6.45) is -0.352. The number of aliphatic hydroxyl groups is 1. The van der Waals surface area contributed by atoms with E-state index in [1.165, 1.54) is 7.11 Å². The van der Waals surface area contributed by atoms with Gasteiger partial charge in [0.15, 0.2) is 0 Å². The monoisotopic (exact) mass is 328 g/mol. The highest BCUT2D eigenvalue weighted by atomic mass is 35.5. The lowest BCUT2D eigenvalue weighted by molar-refractivity contribution is 0.0215. The molecule has 1 aliphatic rings. The number of ether oxygens (including phenoxy) is 2. The molecule has 2 rings (SSSR count). The van der Waals surface area contributed by atoms with Crippen LogP contribution in [0.4, 0.5) is 0 Å². The first kappa shape index (κ1) is 17.0. The summed E-state index contributed by atoms with van der Waals surface area (Å²) < 4.78 is 10.8. The molecule has 6 nitrogen and oxygen atoms in total. The van der Waals surface area contributed by atoms with Gasteiger partial charge in [-0.25, -0.2) is 0 Å². The number of carbonyl (C=O) groups is 1. The molecule has 0 spiro atoms. The molecule has 3 N–H and O–H groups in total. The summed E-state index contributed by atoms with van der Waals surface area (Å²) in [5.41, 5.74) is 5.86. The Morgan fingerprint density at radius 3 is 2.91 bits per heavy atom. The molecule has 1 fully saturated rings. The molecule has 1 saturated heterocycles. The maximum Gasteiger partial charge on any atom is 0.257 e. The van der Waals surface area contributed by atoms with Crippen molar-refractivity contribution in [1.82, 2.24) is 4.90 Å². The van der Waals surface area contributed by atoms with Crippen molar-refractivity contribution in [2.75, 3.05) is 33.4 Å². The number of rotatable bonds is 6. The van der Waals surface area contributed by atoms with E-state index in [4.69, 9.17) is 26.8 Å². The first-order valence-corrected chi connectivity index (χ1v) is 7.57. The minimum atomic E-state index is -0.678. The molecular formula is C15H21ClN2O4. The van der Waals surface area contributed by atoms with Crippen LogP contribution in [0.25, 0.3) is 0 Å². The van der Waals surface area contributed by atoms with Crippen molar-refractivity contribution < 1.29 is 19.4 Å². The number of carbonyl (C=O) groups excluding carboxylic acids is 1. The Balaban J connectivity index is 2.15. The molecule has 0 aromatic heterocycles. The van der Waals surface area contributed by atoms with E-state index in [1.54, 1.807) is 23.1 Å². The van der Waals surface area contributed by atoms with Crippen molar-refractivity contribution in [3.8, 4) is 5.75 Å². The fraction of sp³-hybridized carbons (Fsp3) is 0.533. The molecule has 0 bridgehead atoms. The molecule has 1 heterocycles. The Hall–Kier alpha value is -1.34. The molecule has 22 heavy (non-hydrogen) atoms. The molecule has 0 radical (unpaired) electrons. The highest BCUT2D eigenvalue weighted by Crippen LogP contribution is 2.26. The lowest BCUT2D eigenvalue weighted by Gasteiger charge is -2.18. The molecule has 1 aromatic rings. The van der Waals surface area contributed by atoms with E-state index >= 15 is 0 Å². The topological polar surface area (TPSA) is 85.0 Å². The zero-order valence-electron chi connectivity index (χ0n) is 12.5. The standard InChI is InChI=1S/C15H21ClN2O4/c1-21-14-9-18(8-12(14)19)15(20)11-4-3-10(16)7-13(11)22-6-2-5-17/h3-4,7,12,14,19H,2,5-6,8-9,17H2,1H3/t12-,14-/m1/s1. The molecule has 2 atom stereocenters. The quantitative estimate of drug-likeness (QED) is 0.758. The number of nitrogens with zero attached hydrogens (tertiary/aromatic N) is 1. The summed E-state index contributed by atoms with van der Waals surface area (Å²) in [5.74, 6) is 0.222. The zero-order chi connectivity index (χ0) is 16.1. The number of β-amino-alcohol motifs (C(OH)–C–C–N with tert-alkyl or cyclic N) is 1. The summed E-state index contributed by atoms with van der Waals surface area (Å²) in [5, 5.41) is 10.4. The highest BCUT2D eigenvalue weighted by Gasteiger charge is 2.35. The number of halogens is 1. The highest BCUT2D eigenvalue weighted by molar-refractivity contribution is 6.30. The summed E-state index contributed by atoms with van der Waals surface area (Å²) in [6, 6.07) is 4.89. The SMILES string of the molecule is CO[C@@H]1CN(C(=O)c2ccc(Cl)cc2OCCCN)C[C@H]1O. The van der Waals surface area contributed by atoms with Gasteiger partial charge in [-0.05, 0) is 31.2 Å². The number of methoxy groups -OCH3 is 1. The van der Waals surface area contributed by atoms with E-state index in [1.807, 2.05) is 0 Å². The molecule has 0 aliphatic carbocycles. The van der Waals surface area contributed by atoms with Crippen molar-refractivity contribution in [3.05, 3.63) is 28.8 Å². The second-order valence-electron chi connectivity index (χ2n) is 5.18. The van der Waals surface area contributed by atoms with Crippen molar-refractivity contribution in [2.24, 2.45) is 5.73 Å². The number of amides is 1. The van der Waals surface area contributed by atoms with Crippen LogP contribution in [0.5, 0.6) is 5.75 Å². The molecular weight excluding hydrogens is 308 g/mol. The number of nitrogens with two attached hydrogens (primary N) is 1. The van der Waals surface area contributed by atoms with Gasteiger partial charge in [-0.3, -0.25) is 4.79 Å². The van der Waals surface area contributed by atoms with Gasteiger partial charge in [0.05, 0.1) is 18.3 Å². The van der Waals surface area contributed by atoms with E-state index in [2.05, 4.69) is 0 Å². The third-order valence-electron chi connectivity index (χ3n) is 3.61. The zero-order valence-corrected chi connectivity index (χ0v) is 13.3. The Labute approximate surface area is 134 Å². The summed E-state index contributed by atoms with van der Waals surface area (Å²) >= 11 is 5.97. The van der Waals surface area contributed by atoms with Gasteiger partial charge in [-0.1, -0.05) is 11.6 Å². The molecule has 7 heteroatoms. The van der Waals surface area contributed by atoms with Crippen LogP contribution in [-0.2, 0) is 4.74 Å². The predicted octanol–water partition coefficient (Wildman–Crippen LogP) is 0.899. The normalized spacial score (nSPS) is 21.2. The number of hydrogen-bond acceptors (Lipinski definition) is 5. The molecule has 1 aromatic carbocycles. The lowest BCUT2D eigenvalue weighted by Crippen LogP contribution is -2.30. The van der Waals surface area contributed by atoms with Crippen LogP contribution in [-0.4, -0.2) is 61.5 Å². The lowest BCUT2D eigenvalue weighted by atomic mass is 10.1. The Bertz CT molecular complexity index is 526. The summed E-state index contributed by atoms with van der Waals surface area (Å²) in [7, 11) is 1.52. The average molecular weight is 329 g/mol. The fourth-order valence-corrected chi connectivity index (χ4v) is 2.54.